The Kier molecular flexibility index (Phi) is 5.29. The molecule has 1 fully saturated rings. The van der Waals surface area contributed by atoms with Crippen LogP contribution in [0.4, 0.5) is 5.69 Å². The number of hydrogen-bond donors (Lipinski definition) is 0. The van der Waals surface area contributed by atoms with Gasteiger partial charge in [0, 0.05) is 15.6 Å². The highest BCUT2D eigenvalue weighted by Crippen LogP contribution is 2.37. The fourth-order valence-electron chi connectivity index (χ4n) is 2.30. The third-order valence-electron chi connectivity index (χ3n) is 3.57. The molecule has 0 radical (unpaired) electrons. The highest BCUT2D eigenvalue weighted by molar-refractivity contribution is 8.27. The zero-order chi connectivity index (χ0) is 18.1. The molecule has 0 aromatic heterocycles. The molecule has 3 nitrogen and oxygen atoms in total. The standard InChI is InChI=1S/C18H11Cl2NO2S2/c1-10(22)11-3-6-14(7-4-11)21-17(23)16(25-18(21)24)8-12-2-5-13(19)9-15(12)20/h2-9H,1H3. The van der Waals surface area contributed by atoms with E-state index in [1.54, 1.807) is 48.5 Å². The van der Waals surface area contributed by atoms with E-state index in [2.05, 4.69) is 0 Å². The van der Waals surface area contributed by atoms with Crippen molar-refractivity contribution in [3.05, 3.63) is 68.5 Å². The second-order valence-corrected chi connectivity index (χ2v) is 7.81. The van der Waals surface area contributed by atoms with Crippen molar-refractivity contribution >= 4 is 75.0 Å². The zero-order valence-electron chi connectivity index (χ0n) is 13.0. The number of benzene rings is 2. The van der Waals surface area contributed by atoms with Crippen LogP contribution in [0.3, 0.4) is 0 Å². The molecule has 0 bridgehead atoms. The van der Waals surface area contributed by atoms with Gasteiger partial charge < -0.3 is 0 Å². The number of halogens is 2. The molecule has 7 heteroatoms. The first kappa shape index (κ1) is 18.1. The van der Waals surface area contributed by atoms with Crippen LogP contribution in [0.1, 0.15) is 22.8 Å². The third kappa shape index (κ3) is 3.80. The molecule has 0 spiro atoms. The number of ketones is 1. The summed E-state index contributed by atoms with van der Waals surface area (Å²) in [5, 5.41) is 0.990. The van der Waals surface area contributed by atoms with Gasteiger partial charge in [0.05, 0.1) is 10.6 Å². The van der Waals surface area contributed by atoms with Gasteiger partial charge in [-0.15, -0.1) is 0 Å². The molecule has 0 N–H and O–H groups in total. The van der Waals surface area contributed by atoms with E-state index < -0.39 is 0 Å². The maximum absolute atomic E-state index is 12.7. The zero-order valence-corrected chi connectivity index (χ0v) is 16.1. The van der Waals surface area contributed by atoms with Crippen LogP contribution in [-0.2, 0) is 4.79 Å². The molecule has 3 rings (SSSR count). The van der Waals surface area contributed by atoms with Crippen molar-refractivity contribution in [2.24, 2.45) is 0 Å². The minimum absolute atomic E-state index is 0.0331. The van der Waals surface area contributed by atoms with Gasteiger partial charge >= 0.3 is 0 Å². The average molecular weight is 408 g/mol. The van der Waals surface area contributed by atoms with Gasteiger partial charge in [0.25, 0.3) is 5.91 Å². The maximum Gasteiger partial charge on any atom is 0.270 e. The normalized spacial score (nSPS) is 16.0. The minimum Gasteiger partial charge on any atom is -0.295 e. The fourth-order valence-corrected chi connectivity index (χ4v) is 4.05. The quantitative estimate of drug-likeness (QED) is 0.376. The first-order valence-corrected chi connectivity index (χ1v) is 9.19. The monoisotopic (exact) mass is 407 g/mol. The Morgan fingerprint density at radius 3 is 2.44 bits per heavy atom. The van der Waals surface area contributed by atoms with Crippen molar-refractivity contribution < 1.29 is 9.59 Å². The summed E-state index contributed by atoms with van der Waals surface area (Å²) in [7, 11) is 0. The number of nitrogens with zero attached hydrogens (tertiary/aromatic N) is 1. The van der Waals surface area contributed by atoms with Crippen LogP contribution in [0.5, 0.6) is 0 Å². The molecule has 0 atom stereocenters. The molecule has 2 aromatic rings. The first-order chi connectivity index (χ1) is 11.9. The Morgan fingerprint density at radius 1 is 1.16 bits per heavy atom. The molecular formula is C18H11Cl2NO2S2. The van der Waals surface area contributed by atoms with Gasteiger partial charge in [-0.05, 0) is 55.0 Å². The summed E-state index contributed by atoms with van der Waals surface area (Å²) in [4.78, 5) is 26.0. The van der Waals surface area contributed by atoms with Crippen molar-refractivity contribution in [1.29, 1.82) is 0 Å². The smallest absolute Gasteiger partial charge is 0.270 e. The minimum atomic E-state index is -0.225. The molecule has 1 heterocycles. The molecule has 25 heavy (non-hydrogen) atoms. The van der Waals surface area contributed by atoms with Gasteiger partial charge in [-0.2, -0.15) is 0 Å². The number of Topliss-reactive ketones (excluding diaryl/α,β-unsaturated/α-hetero) is 1. The van der Waals surface area contributed by atoms with Crippen LogP contribution in [0.25, 0.3) is 6.08 Å². The van der Waals surface area contributed by atoms with Gasteiger partial charge in [-0.25, -0.2) is 0 Å². The number of carbonyl (C=O) groups excluding carboxylic acids is 2. The van der Waals surface area contributed by atoms with E-state index >= 15 is 0 Å². The van der Waals surface area contributed by atoms with Crippen LogP contribution in [0.15, 0.2) is 47.4 Å². The number of thiocarbonyl (C=S) groups is 1. The third-order valence-corrected chi connectivity index (χ3v) is 5.44. The van der Waals surface area contributed by atoms with Crippen molar-refractivity contribution in [3.8, 4) is 0 Å². The molecule has 0 unspecified atom stereocenters. The fraction of sp³-hybridized carbons (Fsp3) is 0.0556. The lowest BCUT2D eigenvalue weighted by molar-refractivity contribution is -0.113. The molecule has 1 aliphatic heterocycles. The van der Waals surface area contributed by atoms with Crippen LogP contribution < -0.4 is 4.90 Å². The molecular weight excluding hydrogens is 397 g/mol. The maximum atomic E-state index is 12.7. The molecule has 0 saturated carbocycles. The Balaban J connectivity index is 1.92. The van der Waals surface area contributed by atoms with Gasteiger partial charge in [-0.1, -0.05) is 53.2 Å². The summed E-state index contributed by atoms with van der Waals surface area (Å²) in [6.45, 7) is 1.49. The van der Waals surface area contributed by atoms with Crippen LogP contribution in [0, 0.1) is 0 Å². The van der Waals surface area contributed by atoms with E-state index in [0.29, 0.717) is 36.1 Å². The van der Waals surface area contributed by atoms with Crippen LogP contribution in [0.2, 0.25) is 10.0 Å². The van der Waals surface area contributed by atoms with Crippen LogP contribution >= 0.6 is 47.2 Å². The second-order valence-electron chi connectivity index (χ2n) is 5.29. The number of thioether (sulfide) groups is 1. The van der Waals surface area contributed by atoms with Crippen LogP contribution in [-0.4, -0.2) is 16.0 Å². The van der Waals surface area contributed by atoms with Gasteiger partial charge in [-0.3, -0.25) is 14.5 Å². The second kappa shape index (κ2) is 7.30. The highest BCUT2D eigenvalue weighted by atomic mass is 35.5. The SMILES string of the molecule is CC(=O)c1ccc(N2C(=O)C(=Cc3ccc(Cl)cc3Cl)SC2=S)cc1. The predicted molar refractivity (Wildman–Crippen MR) is 109 cm³/mol. The number of anilines is 1. The van der Waals surface area contributed by atoms with E-state index in [9.17, 15) is 9.59 Å². The van der Waals surface area contributed by atoms with Crippen molar-refractivity contribution in [3.63, 3.8) is 0 Å². The van der Waals surface area contributed by atoms with Gasteiger partial charge in [0.1, 0.15) is 0 Å². The number of carbonyl (C=O) groups is 2. The Morgan fingerprint density at radius 2 is 1.84 bits per heavy atom. The summed E-state index contributed by atoms with van der Waals surface area (Å²) in [5.74, 6) is -0.259. The lowest BCUT2D eigenvalue weighted by Gasteiger charge is -2.14. The average Bonchev–Trinajstić information content (AvgIpc) is 2.84. The lowest BCUT2D eigenvalue weighted by atomic mass is 10.1. The Bertz CT molecular complexity index is 923. The highest BCUT2D eigenvalue weighted by Gasteiger charge is 2.33. The number of rotatable bonds is 3. The van der Waals surface area contributed by atoms with E-state index in [1.165, 1.54) is 23.6 Å². The molecule has 0 aliphatic carbocycles. The first-order valence-electron chi connectivity index (χ1n) is 7.21. The van der Waals surface area contributed by atoms with Crippen molar-refractivity contribution in [2.45, 2.75) is 6.92 Å². The van der Waals surface area contributed by atoms with Gasteiger partial charge in [0.2, 0.25) is 0 Å². The van der Waals surface area contributed by atoms with Crippen molar-refractivity contribution in [2.75, 3.05) is 4.90 Å². The lowest BCUT2D eigenvalue weighted by Crippen LogP contribution is -2.27. The Labute approximate surface area is 164 Å². The molecule has 1 saturated heterocycles. The predicted octanol–water partition coefficient (Wildman–Crippen LogP) is 5.60. The number of hydrogen-bond acceptors (Lipinski definition) is 4. The van der Waals surface area contributed by atoms with E-state index in [0.717, 1.165) is 0 Å². The van der Waals surface area contributed by atoms with Crippen molar-refractivity contribution in [1.82, 2.24) is 0 Å². The molecule has 2 aromatic carbocycles. The number of amides is 1. The molecule has 126 valence electrons. The topological polar surface area (TPSA) is 37.4 Å². The summed E-state index contributed by atoms with van der Waals surface area (Å²) >= 11 is 18.6. The summed E-state index contributed by atoms with van der Waals surface area (Å²) in [6, 6.07) is 11.8. The molecule has 1 aliphatic rings. The Hall–Kier alpha value is -1.66. The molecule has 1 amide bonds. The summed E-state index contributed by atoms with van der Waals surface area (Å²) in [6.07, 6.45) is 1.70. The van der Waals surface area contributed by atoms with Gasteiger partial charge in [0.15, 0.2) is 10.1 Å². The summed E-state index contributed by atoms with van der Waals surface area (Å²) < 4.78 is 0.428. The summed E-state index contributed by atoms with van der Waals surface area (Å²) in [5.41, 5.74) is 1.90. The van der Waals surface area contributed by atoms with E-state index in [-0.39, 0.29) is 11.7 Å². The van der Waals surface area contributed by atoms with E-state index in [4.69, 9.17) is 35.4 Å². The van der Waals surface area contributed by atoms with E-state index in [1.807, 2.05) is 0 Å². The largest absolute Gasteiger partial charge is 0.295 e.